The standard InChI is InChI=1S/C36H34N4O6S/c1-2-33(43)40(46)15-3-14-39(21-23-6-4-22(20-37)5-7-23)36(47)38-26-8-11-31(32(19-26)35(44)45)34-29-12-9-27(41)17-24(29)16-25-18-28(42)10-13-30(25)34/h2,4-13,17-19,41,46H,1,3,14-16,20-21,37H2,(H,38,47)(H,44,45). The number of ketones is 1. The van der Waals surface area contributed by atoms with Gasteiger partial charge in [0.25, 0.3) is 5.91 Å². The predicted octanol–water partition coefficient (Wildman–Crippen LogP) is 4.97. The molecule has 3 aromatic rings. The molecule has 11 heteroatoms. The van der Waals surface area contributed by atoms with Crippen LogP contribution >= 0.6 is 12.2 Å². The molecule has 0 aromatic heterocycles. The minimum Gasteiger partial charge on any atom is -0.508 e. The average Bonchev–Trinajstić information content (AvgIpc) is 3.06. The minimum atomic E-state index is -1.15. The second-order valence-corrected chi connectivity index (χ2v) is 11.6. The Bertz CT molecular complexity index is 1860. The Morgan fingerprint density at radius 1 is 1.00 bits per heavy atom. The van der Waals surface area contributed by atoms with E-state index in [0.29, 0.717) is 59.5 Å². The molecule has 240 valence electrons. The first-order chi connectivity index (χ1) is 22.6. The lowest BCUT2D eigenvalue weighted by Gasteiger charge is -2.28. The highest BCUT2D eigenvalue weighted by Gasteiger charge is 2.28. The summed E-state index contributed by atoms with van der Waals surface area (Å²) in [4.78, 5) is 38.5. The Morgan fingerprint density at radius 2 is 1.72 bits per heavy atom. The number of phenolic OH excluding ortho intramolecular Hbond substituents is 1. The maximum Gasteiger partial charge on any atom is 0.336 e. The van der Waals surface area contributed by atoms with Gasteiger partial charge in [-0.2, -0.15) is 0 Å². The summed E-state index contributed by atoms with van der Waals surface area (Å²) in [5.41, 5.74) is 12.3. The summed E-state index contributed by atoms with van der Waals surface area (Å²) in [7, 11) is 0. The number of carboxylic acids is 1. The quantitative estimate of drug-likeness (QED) is 0.0832. The largest absolute Gasteiger partial charge is 0.508 e. The van der Waals surface area contributed by atoms with E-state index in [2.05, 4.69) is 11.9 Å². The number of phenols is 1. The number of aromatic carboxylic acids is 1. The third-order valence-corrected chi connectivity index (χ3v) is 8.36. The molecule has 0 heterocycles. The summed E-state index contributed by atoms with van der Waals surface area (Å²) in [6.07, 6.45) is 6.55. The second-order valence-electron chi connectivity index (χ2n) is 11.2. The van der Waals surface area contributed by atoms with Gasteiger partial charge in [-0.3, -0.25) is 14.8 Å². The summed E-state index contributed by atoms with van der Waals surface area (Å²) >= 11 is 5.78. The molecule has 0 saturated heterocycles. The Kier molecular flexibility index (Phi) is 10.1. The Hall–Kier alpha value is -5.36. The number of carbonyl (C=O) groups excluding carboxylic acids is 2. The lowest BCUT2D eigenvalue weighted by atomic mass is 9.76. The molecule has 2 aliphatic rings. The van der Waals surface area contributed by atoms with Crippen molar-refractivity contribution in [2.45, 2.75) is 25.9 Å². The molecule has 3 aromatic carbocycles. The molecular weight excluding hydrogens is 616 g/mol. The fraction of sp³-hybridized carbons (Fsp3) is 0.167. The van der Waals surface area contributed by atoms with Gasteiger partial charge in [0.15, 0.2) is 10.9 Å². The number of aromatic hydroxyl groups is 1. The van der Waals surface area contributed by atoms with Crippen LogP contribution in [0.1, 0.15) is 44.6 Å². The Balaban J connectivity index is 1.45. The minimum absolute atomic E-state index is 0.0219. The van der Waals surface area contributed by atoms with E-state index in [9.17, 15) is 29.8 Å². The molecule has 0 radical (unpaired) electrons. The summed E-state index contributed by atoms with van der Waals surface area (Å²) in [6, 6.07) is 17.7. The van der Waals surface area contributed by atoms with Crippen molar-refractivity contribution in [1.29, 1.82) is 0 Å². The van der Waals surface area contributed by atoms with Crippen LogP contribution in [0.4, 0.5) is 5.69 Å². The van der Waals surface area contributed by atoms with Gasteiger partial charge in [0.05, 0.1) is 12.1 Å². The number of thiocarbonyl (C=S) groups is 1. The van der Waals surface area contributed by atoms with Crippen LogP contribution < -0.4 is 11.1 Å². The molecule has 2 aliphatic carbocycles. The zero-order chi connectivity index (χ0) is 33.7. The van der Waals surface area contributed by atoms with Crippen LogP contribution in [-0.2, 0) is 29.1 Å². The van der Waals surface area contributed by atoms with Crippen LogP contribution in [0, 0.1) is 0 Å². The maximum atomic E-state index is 12.7. The van der Waals surface area contributed by atoms with Crippen LogP contribution in [0.2, 0.25) is 0 Å². The van der Waals surface area contributed by atoms with Gasteiger partial charge in [-0.15, -0.1) is 0 Å². The van der Waals surface area contributed by atoms with Crippen molar-refractivity contribution in [3.05, 3.63) is 136 Å². The number of hydroxylamine groups is 2. The number of anilines is 1. The first kappa shape index (κ1) is 33.0. The number of fused-ring (bicyclic) bond motifs is 2. The van der Waals surface area contributed by atoms with Gasteiger partial charge < -0.3 is 26.2 Å². The first-order valence-electron chi connectivity index (χ1n) is 14.9. The number of hydrogen-bond donors (Lipinski definition) is 5. The van der Waals surface area contributed by atoms with E-state index >= 15 is 0 Å². The molecule has 10 nitrogen and oxygen atoms in total. The van der Waals surface area contributed by atoms with Crippen molar-refractivity contribution in [1.82, 2.24) is 9.96 Å². The van der Waals surface area contributed by atoms with Crippen LogP contribution in [0.25, 0.3) is 5.57 Å². The number of nitrogens with two attached hydrogens (primary N) is 1. The van der Waals surface area contributed by atoms with Gasteiger partial charge in [-0.1, -0.05) is 49.1 Å². The van der Waals surface area contributed by atoms with E-state index in [1.165, 1.54) is 12.1 Å². The van der Waals surface area contributed by atoms with Gasteiger partial charge in [0.2, 0.25) is 0 Å². The molecule has 6 N–H and O–H groups in total. The molecular formula is C36H34N4O6S. The predicted molar refractivity (Wildman–Crippen MR) is 183 cm³/mol. The number of nitrogens with one attached hydrogen (secondary N) is 1. The van der Waals surface area contributed by atoms with Crippen LogP contribution in [-0.4, -0.2) is 61.2 Å². The number of amides is 1. The van der Waals surface area contributed by atoms with Gasteiger partial charge >= 0.3 is 5.97 Å². The first-order valence-corrected chi connectivity index (χ1v) is 15.3. The molecule has 0 spiro atoms. The van der Waals surface area contributed by atoms with Gasteiger partial charge in [-0.05, 0) is 112 Å². The molecule has 5 rings (SSSR count). The molecule has 0 unspecified atom stereocenters. The summed E-state index contributed by atoms with van der Waals surface area (Å²) in [5, 5.41) is 34.6. The SMILES string of the molecule is C=CC(=O)N(O)CCCN(Cc1ccc(CN)cc1)C(=S)Nc1ccc(C2=C3C=CC(=O)C=C3Cc3cc(O)ccc32)c(C(=O)O)c1. The smallest absolute Gasteiger partial charge is 0.336 e. The van der Waals surface area contributed by atoms with Crippen LogP contribution in [0.5, 0.6) is 5.75 Å². The molecule has 0 atom stereocenters. The molecule has 0 bridgehead atoms. The highest BCUT2D eigenvalue weighted by atomic mass is 32.1. The van der Waals surface area contributed by atoms with Crippen molar-refractivity contribution < 1.29 is 29.8 Å². The summed E-state index contributed by atoms with van der Waals surface area (Å²) in [6.45, 7) is 4.63. The summed E-state index contributed by atoms with van der Waals surface area (Å²) in [5.74, 6) is -1.84. The van der Waals surface area contributed by atoms with Crippen molar-refractivity contribution >= 4 is 46.3 Å². The van der Waals surface area contributed by atoms with Gasteiger partial charge in [0, 0.05) is 25.3 Å². The maximum absolute atomic E-state index is 12.7. The van der Waals surface area contributed by atoms with E-state index in [1.54, 1.807) is 42.5 Å². The van der Waals surface area contributed by atoms with Crippen molar-refractivity contribution in [3.63, 3.8) is 0 Å². The Labute approximate surface area is 277 Å². The van der Waals surface area contributed by atoms with E-state index in [1.807, 2.05) is 29.2 Å². The Morgan fingerprint density at radius 3 is 2.43 bits per heavy atom. The van der Waals surface area contributed by atoms with E-state index in [4.69, 9.17) is 18.0 Å². The topological polar surface area (TPSA) is 156 Å². The van der Waals surface area contributed by atoms with Crippen LogP contribution in [0.3, 0.4) is 0 Å². The van der Waals surface area contributed by atoms with Gasteiger partial charge in [-0.25, -0.2) is 9.86 Å². The van der Waals surface area contributed by atoms with E-state index < -0.39 is 11.9 Å². The average molecular weight is 651 g/mol. The van der Waals surface area contributed by atoms with E-state index in [0.717, 1.165) is 39.5 Å². The highest BCUT2D eigenvalue weighted by molar-refractivity contribution is 7.80. The fourth-order valence-electron chi connectivity index (χ4n) is 5.67. The van der Waals surface area contributed by atoms with Gasteiger partial charge in [0.1, 0.15) is 5.75 Å². The molecule has 0 aliphatic heterocycles. The lowest BCUT2D eigenvalue weighted by molar-refractivity contribution is -0.159. The number of benzene rings is 3. The molecule has 0 saturated carbocycles. The van der Waals surface area contributed by atoms with E-state index in [-0.39, 0.29) is 23.6 Å². The molecule has 1 amide bonds. The number of carbonyl (C=O) groups is 3. The van der Waals surface area contributed by atoms with Crippen LogP contribution in [0.15, 0.2) is 103 Å². The monoisotopic (exact) mass is 650 g/mol. The second kappa shape index (κ2) is 14.4. The third-order valence-electron chi connectivity index (χ3n) is 8.00. The number of nitrogens with zero attached hydrogens (tertiary/aromatic N) is 2. The summed E-state index contributed by atoms with van der Waals surface area (Å²) < 4.78 is 0. The third kappa shape index (κ3) is 7.55. The molecule has 0 fully saturated rings. The number of carboxylic acid groups (broad SMARTS) is 1. The normalized spacial score (nSPS) is 13.3. The van der Waals surface area contributed by atoms with Crippen molar-refractivity contribution in [3.8, 4) is 5.75 Å². The zero-order valence-electron chi connectivity index (χ0n) is 25.5. The number of hydrogen-bond acceptors (Lipinski definition) is 7. The zero-order valence-corrected chi connectivity index (χ0v) is 26.3. The highest BCUT2D eigenvalue weighted by Crippen LogP contribution is 2.43. The lowest BCUT2D eigenvalue weighted by Crippen LogP contribution is -2.37. The molecule has 47 heavy (non-hydrogen) atoms. The number of allylic oxidation sites excluding steroid dienone is 5. The fourth-order valence-corrected chi connectivity index (χ4v) is 5.94. The van der Waals surface area contributed by atoms with Crippen molar-refractivity contribution in [2.75, 3.05) is 18.4 Å². The van der Waals surface area contributed by atoms with Crippen molar-refractivity contribution in [2.24, 2.45) is 5.73 Å². The number of rotatable bonds is 11.